The second kappa shape index (κ2) is 8.37. The van der Waals surface area contributed by atoms with Gasteiger partial charge in [0.15, 0.2) is 0 Å². The Balaban J connectivity index is 2.00. The van der Waals surface area contributed by atoms with E-state index in [1.54, 1.807) is 18.0 Å². The normalized spacial score (nSPS) is 16.9. The average molecular weight is 397 g/mol. The van der Waals surface area contributed by atoms with E-state index in [1.807, 2.05) is 0 Å². The van der Waals surface area contributed by atoms with Crippen molar-refractivity contribution in [1.82, 2.24) is 14.2 Å². The molecule has 0 saturated heterocycles. The lowest BCUT2D eigenvalue weighted by Crippen LogP contribution is -2.50. The molecule has 0 atom stereocenters. The van der Waals surface area contributed by atoms with Gasteiger partial charge >= 0.3 is 0 Å². The van der Waals surface area contributed by atoms with E-state index in [2.05, 4.69) is 11.1 Å². The Hall–Kier alpha value is -1.63. The highest BCUT2D eigenvalue weighted by molar-refractivity contribution is 7.99. The Bertz CT molecular complexity index is 779. The number of nitrogens with zero attached hydrogens (tertiary/aromatic N) is 4. The first-order valence-corrected chi connectivity index (χ1v) is 10.8. The third-order valence-electron chi connectivity index (χ3n) is 4.74. The van der Waals surface area contributed by atoms with Crippen LogP contribution in [0.2, 0.25) is 0 Å². The van der Waals surface area contributed by atoms with Crippen LogP contribution in [-0.4, -0.2) is 60.9 Å². The van der Waals surface area contributed by atoms with Gasteiger partial charge in [-0.2, -0.15) is 5.26 Å². The quantitative estimate of drug-likeness (QED) is 0.684. The molecule has 1 aliphatic carbocycles. The number of amides is 1. The van der Waals surface area contributed by atoms with E-state index in [9.17, 15) is 18.5 Å². The standard InChI is InChI=1S/C17H24N4O3S2/c1-20(2)26(23,24)14-7-8-15(19-11-14)25-12-16(22)21(3)17(13-18)9-5-4-6-10-17/h7-8,11H,4-6,9-10,12H2,1-3H3. The summed E-state index contributed by atoms with van der Waals surface area (Å²) in [5, 5.41) is 10.1. The van der Waals surface area contributed by atoms with Gasteiger partial charge in [-0.25, -0.2) is 17.7 Å². The molecule has 0 radical (unpaired) electrons. The van der Waals surface area contributed by atoms with Crippen LogP contribution >= 0.6 is 11.8 Å². The zero-order valence-electron chi connectivity index (χ0n) is 15.3. The van der Waals surface area contributed by atoms with Crippen molar-refractivity contribution in [3.8, 4) is 6.07 Å². The minimum atomic E-state index is -3.51. The van der Waals surface area contributed by atoms with Crippen LogP contribution < -0.4 is 0 Å². The molecule has 0 spiro atoms. The molecule has 0 aliphatic heterocycles. The number of rotatable bonds is 6. The van der Waals surface area contributed by atoms with Crippen LogP contribution in [0.25, 0.3) is 0 Å². The summed E-state index contributed by atoms with van der Waals surface area (Å²) < 4.78 is 25.2. The van der Waals surface area contributed by atoms with E-state index >= 15 is 0 Å². The lowest BCUT2D eigenvalue weighted by Gasteiger charge is -2.39. The highest BCUT2D eigenvalue weighted by Crippen LogP contribution is 2.33. The number of thioether (sulfide) groups is 1. The van der Waals surface area contributed by atoms with E-state index in [0.29, 0.717) is 17.9 Å². The van der Waals surface area contributed by atoms with Crippen molar-refractivity contribution in [3.05, 3.63) is 18.3 Å². The molecule has 1 aromatic heterocycles. The van der Waals surface area contributed by atoms with Crippen LogP contribution in [0, 0.1) is 11.3 Å². The van der Waals surface area contributed by atoms with Crippen LogP contribution in [0.3, 0.4) is 0 Å². The van der Waals surface area contributed by atoms with E-state index in [-0.39, 0.29) is 16.6 Å². The molecule has 0 N–H and O–H groups in total. The summed E-state index contributed by atoms with van der Waals surface area (Å²) in [5.41, 5.74) is -0.701. The monoisotopic (exact) mass is 396 g/mol. The Morgan fingerprint density at radius 3 is 2.42 bits per heavy atom. The molecular weight excluding hydrogens is 372 g/mol. The molecule has 142 valence electrons. The van der Waals surface area contributed by atoms with Gasteiger partial charge in [0.1, 0.15) is 10.4 Å². The van der Waals surface area contributed by atoms with Crippen LogP contribution in [0.15, 0.2) is 28.3 Å². The van der Waals surface area contributed by atoms with Crippen molar-refractivity contribution in [2.75, 3.05) is 26.9 Å². The predicted octanol–water partition coefficient (Wildman–Crippen LogP) is 2.11. The molecular formula is C17H24N4O3S2. The van der Waals surface area contributed by atoms with Crippen molar-refractivity contribution in [1.29, 1.82) is 5.26 Å². The SMILES string of the molecule is CN(C(=O)CSc1ccc(S(=O)(=O)N(C)C)cn1)C1(C#N)CCCCC1. The fraction of sp³-hybridized carbons (Fsp3) is 0.588. The molecule has 2 rings (SSSR count). The number of aromatic nitrogens is 1. The summed E-state index contributed by atoms with van der Waals surface area (Å²) in [6.45, 7) is 0. The zero-order valence-corrected chi connectivity index (χ0v) is 16.9. The van der Waals surface area contributed by atoms with Crippen molar-refractivity contribution in [2.45, 2.75) is 47.6 Å². The molecule has 7 nitrogen and oxygen atoms in total. The van der Waals surface area contributed by atoms with Crippen molar-refractivity contribution in [3.63, 3.8) is 0 Å². The molecule has 9 heteroatoms. The number of carbonyl (C=O) groups is 1. The fourth-order valence-corrected chi connectivity index (χ4v) is 4.55. The van der Waals surface area contributed by atoms with Crippen molar-refractivity contribution < 1.29 is 13.2 Å². The van der Waals surface area contributed by atoms with Gasteiger partial charge in [0, 0.05) is 27.3 Å². The minimum Gasteiger partial charge on any atom is -0.326 e. The number of nitriles is 1. The smallest absolute Gasteiger partial charge is 0.244 e. The third kappa shape index (κ3) is 4.37. The largest absolute Gasteiger partial charge is 0.326 e. The summed E-state index contributed by atoms with van der Waals surface area (Å²) in [5.74, 6) is 0.0393. The first-order valence-electron chi connectivity index (χ1n) is 8.42. The maximum absolute atomic E-state index is 12.5. The lowest BCUT2D eigenvalue weighted by atomic mass is 9.81. The van der Waals surface area contributed by atoms with Gasteiger partial charge in [-0.15, -0.1) is 0 Å². The van der Waals surface area contributed by atoms with E-state index in [1.165, 1.54) is 38.1 Å². The molecule has 1 aliphatic rings. The first kappa shape index (κ1) is 20.7. The average Bonchev–Trinajstić information content (AvgIpc) is 2.66. The summed E-state index contributed by atoms with van der Waals surface area (Å²) in [6, 6.07) is 5.41. The van der Waals surface area contributed by atoms with Crippen LogP contribution in [0.4, 0.5) is 0 Å². The molecule has 1 fully saturated rings. The molecule has 1 aromatic rings. The number of hydrogen-bond acceptors (Lipinski definition) is 6. The number of pyridine rings is 1. The maximum atomic E-state index is 12.5. The summed E-state index contributed by atoms with van der Waals surface area (Å²) in [7, 11) is 1.10. The van der Waals surface area contributed by atoms with Gasteiger partial charge in [-0.1, -0.05) is 31.0 Å². The number of sulfonamides is 1. The van der Waals surface area contributed by atoms with Crippen LogP contribution in [0.1, 0.15) is 32.1 Å². The molecule has 0 aromatic carbocycles. The Kier molecular flexibility index (Phi) is 6.66. The van der Waals surface area contributed by atoms with E-state index < -0.39 is 15.6 Å². The second-order valence-electron chi connectivity index (χ2n) is 6.57. The predicted molar refractivity (Wildman–Crippen MR) is 100 cm³/mol. The molecule has 0 unspecified atom stereocenters. The summed E-state index contributed by atoms with van der Waals surface area (Å²) in [6.07, 6.45) is 5.75. The van der Waals surface area contributed by atoms with E-state index in [4.69, 9.17) is 0 Å². The van der Waals surface area contributed by atoms with Gasteiger partial charge in [0.05, 0.1) is 16.8 Å². The Labute approximate surface area is 159 Å². The van der Waals surface area contributed by atoms with E-state index in [0.717, 1.165) is 23.6 Å². The van der Waals surface area contributed by atoms with Gasteiger partial charge in [0.25, 0.3) is 0 Å². The Morgan fingerprint density at radius 2 is 1.92 bits per heavy atom. The van der Waals surface area contributed by atoms with Crippen molar-refractivity contribution >= 4 is 27.7 Å². The summed E-state index contributed by atoms with van der Waals surface area (Å²) >= 11 is 1.24. The molecule has 1 heterocycles. The maximum Gasteiger partial charge on any atom is 0.244 e. The number of hydrogen-bond donors (Lipinski definition) is 0. The molecule has 26 heavy (non-hydrogen) atoms. The van der Waals surface area contributed by atoms with Crippen LogP contribution in [0.5, 0.6) is 0 Å². The highest BCUT2D eigenvalue weighted by atomic mass is 32.2. The topological polar surface area (TPSA) is 94.4 Å². The van der Waals surface area contributed by atoms with Gasteiger partial charge < -0.3 is 4.90 Å². The molecule has 1 saturated carbocycles. The van der Waals surface area contributed by atoms with Crippen molar-refractivity contribution in [2.24, 2.45) is 0 Å². The Morgan fingerprint density at radius 1 is 1.27 bits per heavy atom. The van der Waals surface area contributed by atoms with Gasteiger partial charge in [-0.3, -0.25) is 4.79 Å². The van der Waals surface area contributed by atoms with Gasteiger partial charge in [0.2, 0.25) is 15.9 Å². The summed E-state index contributed by atoms with van der Waals surface area (Å²) in [4.78, 5) is 18.3. The molecule has 1 amide bonds. The number of carbonyl (C=O) groups excluding carboxylic acids is 1. The van der Waals surface area contributed by atoms with Crippen LogP contribution in [-0.2, 0) is 14.8 Å². The fourth-order valence-electron chi connectivity index (χ4n) is 2.95. The third-order valence-corrected chi connectivity index (χ3v) is 7.46. The highest BCUT2D eigenvalue weighted by Gasteiger charge is 2.38. The first-order chi connectivity index (χ1) is 12.2. The van der Waals surface area contributed by atoms with Gasteiger partial charge in [-0.05, 0) is 25.0 Å². The second-order valence-corrected chi connectivity index (χ2v) is 9.71. The minimum absolute atomic E-state index is 0.112. The molecule has 0 bridgehead atoms. The lowest BCUT2D eigenvalue weighted by molar-refractivity contribution is -0.131. The zero-order chi connectivity index (χ0) is 19.4.